The van der Waals surface area contributed by atoms with Gasteiger partial charge in [0.15, 0.2) is 17.5 Å². The van der Waals surface area contributed by atoms with Crippen LogP contribution in [0.25, 0.3) is 6.08 Å². The van der Waals surface area contributed by atoms with Gasteiger partial charge in [-0.15, -0.1) is 0 Å². The molecule has 0 spiro atoms. The number of halogens is 4. The molecule has 1 aromatic heterocycles. The molecule has 0 saturated carbocycles. The Bertz CT molecular complexity index is 1380. The smallest absolute Gasteiger partial charge is 0.263 e. The third-order valence-electron chi connectivity index (χ3n) is 5.14. The van der Waals surface area contributed by atoms with Gasteiger partial charge in [-0.3, -0.25) is 14.4 Å². The number of fused-ring (bicyclic) bond motifs is 1. The van der Waals surface area contributed by atoms with E-state index >= 15 is 0 Å². The van der Waals surface area contributed by atoms with Crippen molar-refractivity contribution in [3.63, 3.8) is 0 Å². The van der Waals surface area contributed by atoms with Crippen LogP contribution in [0.1, 0.15) is 27.0 Å². The number of nitrogens with zero attached hydrogens (tertiary/aromatic N) is 1. The molecule has 34 heavy (non-hydrogen) atoms. The second kappa shape index (κ2) is 9.84. The summed E-state index contributed by atoms with van der Waals surface area (Å²) >= 11 is 1.92. The van der Waals surface area contributed by atoms with Gasteiger partial charge in [0.1, 0.15) is 5.56 Å². The van der Waals surface area contributed by atoms with Crippen LogP contribution in [-0.2, 0) is 17.8 Å². The van der Waals surface area contributed by atoms with Crippen molar-refractivity contribution in [1.82, 2.24) is 9.88 Å². The lowest BCUT2D eigenvalue weighted by molar-refractivity contribution is -0.115. The third kappa shape index (κ3) is 5.22. The minimum absolute atomic E-state index is 0.0420. The SMILES string of the molecule is O=C1Cc2ccc(/C=C/CNC(=O)c3cc(I)cn(Cc4cc(F)c(F)c(F)c4)c3=O)cc2N1. The molecule has 2 aromatic carbocycles. The summed E-state index contributed by atoms with van der Waals surface area (Å²) in [4.78, 5) is 36.8. The number of amides is 2. The maximum Gasteiger partial charge on any atom is 0.263 e. The number of hydrogen-bond acceptors (Lipinski definition) is 3. The number of rotatable bonds is 6. The lowest BCUT2D eigenvalue weighted by atomic mass is 10.1. The number of anilines is 1. The molecule has 10 heteroatoms. The van der Waals surface area contributed by atoms with E-state index in [0.717, 1.165) is 33.5 Å². The van der Waals surface area contributed by atoms with Crippen LogP contribution < -0.4 is 16.2 Å². The van der Waals surface area contributed by atoms with Crippen LogP contribution in [0.15, 0.2) is 53.5 Å². The van der Waals surface area contributed by atoms with Crippen molar-refractivity contribution in [3.8, 4) is 0 Å². The molecule has 0 radical (unpaired) electrons. The maximum absolute atomic E-state index is 13.5. The van der Waals surface area contributed by atoms with Crippen LogP contribution in [0.2, 0.25) is 0 Å². The molecule has 1 aliphatic rings. The number of pyridine rings is 1. The summed E-state index contributed by atoms with van der Waals surface area (Å²) in [6, 6.07) is 8.57. The summed E-state index contributed by atoms with van der Waals surface area (Å²) in [6.45, 7) is -0.0968. The molecule has 3 aromatic rings. The van der Waals surface area contributed by atoms with Gasteiger partial charge in [0.05, 0.1) is 13.0 Å². The van der Waals surface area contributed by atoms with Gasteiger partial charge >= 0.3 is 0 Å². The molecular formula is C24H17F3IN3O3. The van der Waals surface area contributed by atoms with Gasteiger partial charge in [0.25, 0.3) is 11.5 Å². The lowest BCUT2D eigenvalue weighted by Gasteiger charge is -2.10. The predicted molar refractivity (Wildman–Crippen MR) is 129 cm³/mol. The van der Waals surface area contributed by atoms with Crippen molar-refractivity contribution in [3.05, 3.63) is 102 Å². The average molecular weight is 579 g/mol. The molecule has 0 bridgehead atoms. The van der Waals surface area contributed by atoms with E-state index in [1.54, 1.807) is 12.2 Å². The second-order valence-electron chi connectivity index (χ2n) is 7.63. The zero-order valence-corrected chi connectivity index (χ0v) is 19.7. The molecule has 174 valence electrons. The van der Waals surface area contributed by atoms with Crippen LogP contribution in [0.3, 0.4) is 0 Å². The summed E-state index contributed by atoms with van der Waals surface area (Å²) in [7, 11) is 0. The van der Waals surface area contributed by atoms with Crippen molar-refractivity contribution < 1.29 is 22.8 Å². The van der Waals surface area contributed by atoms with Crippen molar-refractivity contribution in [2.75, 3.05) is 11.9 Å². The third-order valence-corrected chi connectivity index (χ3v) is 5.73. The van der Waals surface area contributed by atoms with Gasteiger partial charge in [0.2, 0.25) is 5.91 Å². The minimum atomic E-state index is -1.59. The van der Waals surface area contributed by atoms with Crippen LogP contribution in [0, 0.1) is 21.0 Å². The molecular weight excluding hydrogens is 562 g/mol. The topological polar surface area (TPSA) is 80.2 Å². The van der Waals surface area contributed by atoms with Crippen LogP contribution in [0.5, 0.6) is 0 Å². The van der Waals surface area contributed by atoms with E-state index in [2.05, 4.69) is 10.6 Å². The Kier molecular flexibility index (Phi) is 6.87. The highest BCUT2D eigenvalue weighted by molar-refractivity contribution is 14.1. The summed E-state index contributed by atoms with van der Waals surface area (Å²) < 4.78 is 41.9. The van der Waals surface area contributed by atoms with E-state index in [0.29, 0.717) is 9.99 Å². The zero-order chi connectivity index (χ0) is 24.4. The van der Waals surface area contributed by atoms with Crippen molar-refractivity contribution >= 4 is 46.2 Å². The lowest BCUT2D eigenvalue weighted by Crippen LogP contribution is -2.33. The van der Waals surface area contributed by atoms with Gasteiger partial charge in [-0.05, 0) is 63.5 Å². The highest BCUT2D eigenvalue weighted by Crippen LogP contribution is 2.24. The molecule has 4 rings (SSSR count). The maximum atomic E-state index is 13.5. The van der Waals surface area contributed by atoms with Crippen molar-refractivity contribution in [2.45, 2.75) is 13.0 Å². The fraction of sp³-hybridized carbons (Fsp3) is 0.125. The van der Waals surface area contributed by atoms with E-state index in [1.165, 1.54) is 12.3 Å². The van der Waals surface area contributed by atoms with Gasteiger partial charge < -0.3 is 15.2 Å². The largest absolute Gasteiger partial charge is 0.348 e. The Labute approximate surface area is 205 Å². The summed E-state index contributed by atoms with van der Waals surface area (Å²) in [5, 5.41) is 5.40. The van der Waals surface area contributed by atoms with Crippen LogP contribution in [-0.4, -0.2) is 22.9 Å². The number of carbonyl (C=O) groups is 2. The quantitative estimate of drug-likeness (QED) is 0.344. The first kappa shape index (κ1) is 23.7. The Morgan fingerprint density at radius 3 is 2.59 bits per heavy atom. The average Bonchev–Trinajstić information content (AvgIpc) is 3.16. The second-order valence-corrected chi connectivity index (χ2v) is 8.88. The van der Waals surface area contributed by atoms with E-state index in [1.807, 2.05) is 40.8 Å². The van der Waals surface area contributed by atoms with E-state index in [4.69, 9.17) is 0 Å². The molecule has 0 atom stereocenters. The Hall–Kier alpha value is -3.41. The number of benzene rings is 2. The summed E-state index contributed by atoms with van der Waals surface area (Å²) in [5.74, 6) is -4.97. The minimum Gasteiger partial charge on any atom is -0.348 e. The molecule has 0 saturated heterocycles. The number of aromatic nitrogens is 1. The van der Waals surface area contributed by atoms with E-state index in [9.17, 15) is 27.6 Å². The first-order valence-electron chi connectivity index (χ1n) is 10.1. The van der Waals surface area contributed by atoms with Crippen molar-refractivity contribution in [2.24, 2.45) is 0 Å². The van der Waals surface area contributed by atoms with Gasteiger partial charge in [-0.25, -0.2) is 13.2 Å². The summed E-state index contributed by atoms with van der Waals surface area (Å²) in [6.07, 6.45) is 5.27. The first-order valence-corrected chi connectivity index (χ1v) is 11.2. The highest BCUT2D eigenvalue weighted by Gasteiger charge is 2.17. The molecule has 0 fully saturated rings. The van der Waals surface area contributed by atoms with E-state index < -0.39 is 28.9 Å². The standard InChI is InChI=1S/C24H17F3IN3O3/c25-18-6-14(7-19(26)22(18)27)11-31-12-16(28)10-17(24(31)34)23(33)29-5-1-2-13-3-4-15-9-21(32)30-20(15)8-13/h1-4,6-8,10,12H,5,9,11H2,(H,29,33)(H,30,32)/b2-1+. The van der Waals surface area contributed by atoms with Gasteiger partial charge in [-0.2, -0.15) is 0 Å². The summed E-state index contributed by atoms with van der Waals surface area (Å²) in [5.41, 5.74) is 1.78. The van der Waals surface area contributed by atoms with Crippen molar-refractivity contribution in [1.29, 1.82) is 0 Å². The van der Waals surface area contributed by atoms with Gasteiger partial charge in [-0.1, -0.05) is 24.3 Å². The molecule has 1 aliphatic heterocycles. The fourth-order valence-corrected chi connectivity index (χ4v) is 4.20. The fourth-order valence-electron chi connectivity index (χ4n) is 3.55. The molecule has 2 heterocycles. The number of carbonyl (C=O) groups excluding carboxylic acids is 2. The Morgan fingerprint density at radius 2 is 1.85 bits per heavy atom. The molecule has 0 unspecified atom stereocenters. The molecule has 2 amide bonds. The molecule has 6 nitrogen and oxygen atoms in total. The highest BCUT2D eigenvalue weighted by atomic mass is 127. The Balaban J connectivity index is 1.45. The van der Waals surface area contributed by atoms with Crippen LogP contribution >= 0.6 is 22.6 Å². The Morgan fingerprint density at radius 1 is 1.12 bits per heavy atom. The number of hydrogen-bond donors (Lipinski definition) is 2. The monoisotopic (exact) mass is 579 g/mol. The predicted octanol–water partition coefficient (Wildman–Crippen LogP) is 3.86. The van der Waals surface area contributed by atoms with Crippen LogP contribution in [0.4, 0.5) is 18.9 Å². The van der Waals surface area contributed by atoms with Gasteiger partial charge in [0, 0.05) is 22.0 Å². The number of nitrogens with one attached hydrogen (secondary N) is 2. The zero-order valence-electron chi connectivity index (χ0n) is 17.5. The molecule has 0 aliphatic carbocycles. The van der Waals surface area contributed by atoms with E-state index in [-0.39, 0.29) is 30.1 Å². The first-order chi connectivity index (χ1) is 16.2. The normalized spacial score (nSPS) is 12.6. The molecule has 2 N–H and O–H groups in total.